The van der Waals surface area contributed by atoms with Gasteiger partial charge in [-0.05, 0) is 56.3 Å². The van der Waals surface area contributed by atoms with Crippen LogP contribution in [0.1, 0.15) is 21.1 Å². The SMILES string of the molecule is Cc1nc2cc(NC(=O)c3ccc(-c4ccc(F)cc4F)nc3C)ccc2s1. The number of nitrogens with one attached hydrogen (secondary N) is 1. The highest BCUT2D eigenvalue weighted by Gasteiger charge is 2.14. The molecule has 2 aromatic heterocycles. The van der Waals surface area contributed by atoms with Gasteiger partial charge in [-0.1, -0.05) is 0 Å². The predicted octanol–water partition coefficient (Wildman–Crippen LogP) is 5.51. The highest BCUT2D eigenvalue weighted by atomic mass is 32.1. The number of nitrogens with zero attached hydrogens (tertiary/aromatic N) is 2. The molecule has 0 aliphatic rings. The van der Waals surface area contributed by atoms with Gasteiger partial charge in [-0.3, -0.25) is 9.78 Å². The molecule has 0 unspecified atom stereocenters. The fourth-order valence-electron chi connectivity index (χ4n) is 2.97. The van der Waals surface area contributed by atoms with E-state index in [1.807, 2.05) is 25.1 Å². The van der Waals surface area contributed by atoms with Crippen LogP contribution in [0.2, 0.25) is 0 Å². The van der Waals surface area contributed by atoms with Gasteiger partial charge in [-0.15, -0.1) is 11.3 Å². The molecule has 4 nitrogen and oxygen atoms in total. The van der Waals surface area contributed by atoms with Crippen molar-refractivity contribution in [1.29, 1.82) is 0 Å². The summed E-state index contributed by atoms with van der Waals surface area (Å²) in [5.41, 5.74) is 2.81. The predicted molar refractivity (Wildman–Crippen MR) is 107 cm³/mol. The van der Waals surface area contributed by atoms with Crippen LogP contribution < -0.4 is 5.32 Å². The van der Waals surface area contributed by atoms with Crippen molar-refractivity contribution < 1.29 is 13.6 Å². The van der Waals surface area contributed by atoms with E-state index in [1.165, 1.54) is 12.1 Å². The van der Waals surface area contributed by atoms with Crippen molar-refractivity contribution in [3.05, 3.63) is 76.4 Å². The lowest BCUT2D eigenvalue weighted by molar-refractivity contribution is 0.102. The Balaban J connectivity index is 1.60. The molecule has 0 bridgehead atoms. The third-order valence-electron chi connectivity index (χ3n) is 4.29. The van der Waals surface area contributed by atoms with E-state index in [9.17, 15) is 13.6 Å². The Bertz CT molecular complexity index is 1220. The summed E-state index contributed by atoms with van der Waals surface area (Å²) in [7, 11) is 0. The molecule has 1 N–H and O–H groups in total. The summed E-state index contributed by atoms with van der Waals surface area (Å²) < 4.78 is 28.1. The van der Waals surface area contributed by atoms with Gasteiger partial charge in [-0.25, -0.2) is 13.8 Å². The number of benzene rings is 2. The number of thiazole rings is 1. The Morgan fingerprint density at radius 3 is 2.57 bits per heavy atom. The molecule has 0 atom stereocenters. The molecule has 140 valence electrons. The zero-order valence-electron chi connectivity index (χ0n) is 15.1. The van der Waals surface area contributed by atoms with Gasteiger partial charge in [-0.2, -0.15) is 0 Å². The first kappa shape index (κ1) is 18.2. The van der Waals surface area contributed by atoms with E-state index in [4.69, 9.17) is 0 Å². The number of pyridine rings is 1. The first-order chi connectivity index (χ1) is 13.4. The summed E-state index contributed by atoms with van der Waals surface area (Å²) in [5.74, 6) is -1.67. The van der Waals surface area contributed by atoms with Crippen molar-refractivity contribution in [2.24, 2.45) is 0 Å². The zero-order valence-corrected chi connectivity index (χ0v) is 15.9. The maximum absolute atomic E-state index is 14.0. The van der Waals surface area contributed by atoms with Crippen molar-refractivity contribution in [3.8, 4) is 11.3 Å². The molecule has 0 radical (unpaired) electrons. The van der Waals surface area contributed by atoms with Crippen LogP contribution in [-0.2, 0) is 0 Å². The number of hydrogen-bond donors (Lipinski definition) is 1. The number of hydrogen-bond acceptors (Lipinski definition) is 4. The Hall–Kier alpha value is -3.19. The quantitative estimate of drug-likeness (QED) is 0.498. The summed E-state index contributed by atoms with van der Waals surface area (Å²) in [6, 6.07) is 12.0. The largest absolute Gasteiger partial charge is 0.322 e. The number of rotatable bonds is 3. The van der Waals surface area contributed by atoms with Gasteiger partial charge in [0.2, 0.25) is 0 Å². The van der Waals surface area contributed by atoms with Crippen molar-refractivity contribution in [1.82, 2.24) is 9.97 Å². The Morgan fingerprint density at radius 1 is 1.00 bits per heavy atom. The summed E-state index contributed by atoms with van der Waals surface area (Å²) in [4.78, 5) is 21.4. The number of aromatic nitrogens is 2. The van der Waals surface area contributed by atoms with Crippen LogP contribution in [0.15, 0.2) is 48.5 Å². The maximum Gasteiger partial charge on any atom is 0.257 e. The minimum atomic E-state index is -0.698. The van der Waals surface area contributed by atoms with Crippen LogP contribution in [0.3, 0.4) is 0 Å². The lowest BCUT2D eigenvalue weighted by atomic mass is 10.1. The van der Waals surface area contributed by atoms with Crippen LogP contribution in [0.4, 0.5) is 14.5 Å². The van der Waals surface area contributed by atoms with Crippen LogP contribution >= 0.6 is 11.3 Å². The van der Waals surface area contributed by atoms with E-state index in [2.05, 4.69) is 15.3 Å². The minimum absolute atomic E-state index is 0.181. The molecule has 2 heterocycles. The highest BCUT2D eigenvalue weighted by molar-refractivity contribution is 7.18. The number of aryl methyl sites for hydroxylation is 2. The van der Waals surface area contributed by atoms with Crippen molar-refractivity contribution in [2.75, 3.05) is 5.32 Å². The van der Waals surface area contributed by atoms with Gasteiger partial charge in [0, 0.05) is 17.3 Å². The molecule has 0 aliphatic heterocycles. The molecule has 4 rings (SSSR count). The molecular weight excluding hydrogens is 380 g/mol. The number of carbonyl (C=O) groups excluding carboxylic acids is 1. The van der Waals surface area contributed by atoms with Gasteiger partial charge in [0.15, 0.2) is 0 Å². The fraction of sp³-hybridized carbons (Fsp3) is 0.0952. The van der Waals surface area contributed by atoms with Crippen LogP contribution in [0.5, 0.6) is 0 Å². The number of amides is 1. The van der Waals surface area contributed by atoms with Gasteiger partial charge >= 0.3 is 0 Å². The fourth-order valence-corrected chi connectivity index (χ4v) is 3.77. The third kappa shape index (κ3) is 3.48. The van der Waals surface area contributed by atoms with Crippen LogP contribution in [0.25, 0.3) is 21.5 Å². The topological polar surface area (TPSA) is 54.9 Å². The smallest absolute Gasteiger partial charge is 0.257 e. The van der Waals surface area contributed by atoms with Crippen molar-refractivity contribution in [2.45, 2.75) is 13.8 Å². The number of halogens is 2. The molecule has 0 aliphatic carbocycles. The first-order valence-electron chi connectivity index (χ1n) is 8.52. The van der Waals surface area contributed by atoms with E-state index in [0.29, 0.717) is 22.6 Å². The van der Waals surface area contributed by atoms with Crippen LogP contribution in [-0.4, -0.2) is 15.9 Å². The Kier molecular flexibility index (Phi) is 4.60. The molecule has 7 heteroatoms. The standard InChI is InChI=1S/C21H15F2N3OS/c1-11-15(6-7-18(24-11)16-5-3-13(22)9-17(16)23)21(27)26-14-4-8-20-19(10-14)25-12(2)28-20/h3-10H,1-2H3,(H,26,27). The molecule has 1 amide bonds. The molecule has 28 heavy (non-hydrogen) atoms. The van der Waals surface area contributed by atoms with Gasteiger partial charge < -0.3 is 5.32 Å². The summed E-state index contributed by atoms with van der Waals surface area (Å²) in [6.07, 6.45) is 0. The molecule has 0 fully saturated rings. The first-order valence-corrected chi connectivity index (χ1v) is 9.34. The lowest BCUT2D eigenvalue weighted by Gasteiger charge is -2.10. The van der Waals surface area contributed by atoms with Gasteiger partial charge in [0.05, 0.1) is 32.2 Å². The molecule has 0 saturated heterocycles. The highest BCUT2D eigenvalue weighted by Crippen LogP contribution is 2.26. The van der Waals surface area contributed by atoms with Gasteiger partial charge in [0.25, 0.3) is 5.91 Å². The summed E-state index contributed by atoms with van der Waals surface area (Å²) in [5, 5.41) is 3.80. The lowest BCUT2D eigenvalue weighted by Crippen LogP contribution is -2.14. The molecule has 2 aromatic carbocycles. The van der Waals surface area contributed by atoms with E-state index < -0.39 is 11.6 Å². The molecule has 0 spiro atoms. The average Bonchev–Trinajstić information content (AvgIpc) is 3.00. The number of fused-ring (bicyclic) bond motifs is 1. The molecular formula is C21H15F2N3OS. The number of anilines is 1. The van der Waals surface area contributed by atoms with E-state index >= 15 is 0 Å². The second-order valence-corrected chi connectivity index (χ2v) is 7.56. The average molecular weight is 395 g/mol. The second-order valence-electron chi connectivity index (χ2n) is 6.32. The van der Waals surface area contributed by atoms with Gasteiger partial charge in [0.1, 0.15) is 11.6 Å². The summed E-state index contributed by atoms with van der Waals surface area (Å²) >= 11 is 1.59. The van der Waals surface area contributed by atoms with E-state index in [-0.39, 0.29) is 11.5 Å². The maximum atomic E-state index is 14.0. The van der Waals surface area contributed by atoms with E-state index in [1.54, 1.807) is 30.4 Å². The zero-order chi connectivity index (χ0) is 19.8. The summed E-state index contributed by atoms with van der Waals surface area (Å²) in [6.45, 7) is 3.61. The monoisotopic (exact) mass is 395 g/mol. The second kappa shape index (κ2) is 7.09. The van der Waals surface area contributed by atoms with Crippen molar-refractivity contribution >= 4 is 33.1 Å². The van der Waals surface area contributed by atoms with Crippen LogP contribution in [0, 0.1) is 25.5 Å². The van der Waals surface area contributed by atoms with E-state index in [0.717, 1.165) is 21.3 Å². The Labute approximate surface area is 163 Å². The molecule has 4 aromatic rings. The third-order valence-corrected chi connectivity index (χ3v) is 5.24. The van der Waals surface area contributed by atoms with Crippen molar-refractivity contribution in [3.63, 3.8) is 0 Å². The number of carbonyl (C=O) groups is 1. The Morgan fingerprint density at radius 2 is 1.82 bits per heavy atom. The normalized spacial score (nSPS) is 11.0. The minimum Gasteiger partial charge on any atom is -0.322 e. The molecule has 0 saturated carbocycles.